The molecular formula is C10H4BrCl2IN2. The van der Waals surface area contributed by atoms with E-state index in [0.29, 0.717) is 16.0 Å². The second kappa shape index (κ2) is 5.16. The first-order chi connectivity index (χ1) is 7.58. The van der Waals surface area contributed by atoms with E-state index in [9.17, 15) is 0 Å². The zero-order valence-corrected chi connectivity index (χ0v) is 13.0. The van der Waals surface area contributed by atoms with Gasteiger partial charge in [-0.2, -0.15) is 0 Å². The SMILES string of the molecule is Clc1ccc(Br)cc1-c1ncc(I)c(Cl)n1. The molecule has 0 aliphatic heterocycles. The Hall–Kier alpha value is 0.0900. The van der Waals surface area contributed by atoms with E-state index in [1.165, 1.54) is 0 Å². The third-order valence-corrected chi connectivity index (χ3v) is 4.09. The molecule has 6 heteroatoms. The van der Waals surface area contributed by atoms with E-state index in [0.717, 1.165) is 13.6 Å². The minimum atomic E-state index is 0.432. The number of nitrogens with zero attached hydrogens (tertiary/aromatic N) is 2. The van der Waals surface area contributed by atoms with Gasteiger partial charge in [0.2, 0.25) is 0 Å². The van der Waals surface area contributed by atoms with Crippen molar-refractivity contribution in [3.8, 4) is 11.4 Å². The molecular weight excluding hydrogens is 426 g/mol. The summed E-state index contributed by atoms with van der Waals surface area (Å²) >= 11 is 17.5. The fourth-order valence-corrected chi connectivity index (χ4v) is 2.10. The Labute approximate surface area is 125 Å². The van der Waals surface area contributed by atoms with Crippen LogP contribution in [0.15, 0.2) is 28.9 Å². The molecule has 2 aromatic rings. The van der Waals surface area contributed by atoms with Crippen LogP contribution in [-0.2, 0) is 0 Å². The minimum absolute atomic E-state index is 0.432. The summed E-state index contributed by atoms with van der Waals surface area (Å²) in [6.45, 7) is 0. The zero-order valence-electron chi connectivity index (χ0n) is 7.72. The van der Waals surface area contributed by atoms with Gasteiger partial charge in [-0.3, -0.25) is 0 Å². The summed E-state index contributed by atoms with van der Waals surface area (Å²) in [5.41, 5.74) is 0.759. The monoisotopic (exact) mass is 428 g/mol. The van der Waals surface area contributed by atoms with Gasteiger partial charge in [0.1, 0.15) is 5.15 Å². The van der Waals surface area contributed by atoms with Crippen molar-refractivity contribution >= 4 is 61.7 Å². The van der Waals surface area contributed by atoms with Crippen molar-refractivity contribution in [1.82, 2.24) is 9.97 Å². The predicted molar refractivity (Wildman–Crippen MR) is 77.9 cm³/mol. The fourth-order valence-electron chi connectivity index (χ4n) is 1.14. The van der Waals surface area contributed by atoms with Crippen LogP contribution in [0.5, 0.6) is 0 Å². The van der Waals surface area contributed by atoms with Crippen LogP contribution in [0.1, 0.15) is 0 Å². The quantitative estimate of drug-likeness (QED) is 0.480. The van der Waals surface area contributed by atoms with Gasteiger partial charge < -0.3 is 0 Å². The summed E-state index contributed by atoms with van der Waals surface area (Å²) in [4.78, 5) is 8.39. The van der Waals surface area contributed by atoms with Gasteiger partial charge in [-0.25, -0.2) is 9.97 Å². The van der Waals surface area contributed by atoms with E-state index in [2.05, 4.69) is 48.5 Å². The first kappa shape index (κ1) is 12.5. The van der Waals surface area contributed by atoms with E-state index < -0.39 is 0 Å². The van der Waals surface area contributed by atoms with Crippen molar-refractivity contribution in [3.63, 3.8) is 0 Å². The van der Waals surface area contributed by atoms with Crippen molar-refractivity contribution in [2.75, 3.05) is 0 Å². The molecule has 0 aliphatic carbocycles. The molecule has 82 valence electrons. The number of benzene rings is 1. The molecule has 0 unspecified atom stereocenters. The molecule has 1 aromatic heterocycles. The Morgan fingerprint density at radius 1 is 1.25 bits per heavy atom. The van der Waals surface area contributed by atoms with Crippen LogP contribution < -0.4 is 0 Å². The first-order valence-corrected chi connectivity index (χ1v) is 6.84. The highest BCUT2D eigenvalue weighted by Crippen LogP contribution is 2.29. The Balaban J connectivity index is 2.58. The number of halogens is 4. The van der Waals surface area contributed by atoms with Gasteiger partial charge >= 0.3 is 0 Å². The van der Waals surface area contributed by atoms with Crippen molar-refractivity contribution in [3.05, 3.63) is 42.6 Å². The lowest BCUT2D eigenvalue weighted by atomic mass is 10.2. The normalized spacial score (nSPS) is 10.5. The molecule has 1 heterocycles. The van der Waals surface area contributed by atoms with Gasteiger partial charge in [-0.05, 0) is 40.8 Å². The Morgan fingerprint density at radius 3 is 2.69 bits per heavy atom. The standard InChI is InChI=1S/C10H4BrCl2IN2/c11-5-1-2-7(12)6(3-5)10-15-4-8(14)9(13)16-10/h1-4H. The predicted octanol–water partition coefficient (Wildman–Crippen LogP) is 4.82. The molecule has 0 radical (unpaired) electrons. The molecule has 2 rings (SSSR count). The van der Waals surface area contributed by atoms with E-state index >= 15 is 0 Å². The van der Waals surface area contributed by atoms with Gasteiger partial charge in [0.25, 0.3) is 0 Å². The Bertz CT molecular complexity index is 548. The van der Waals surface area contributed by atoms with Crippen LogP contribution in [0.25, 0.3) is 11.4 Å². The van der Waals surface area contributed by atoms with Crippen LogP contribution >= 0.6 is 61.7 Å². The second-order valence-corrected chi connectivity index (χ2v) is 5.80. The number of hydrogen-bond acceptors (Lipinski definition) is 2. The maximum atomic E-state index is 6.08. The molecule has 2 nitrogen and oxygen atoms in total. The van der Waals surface area contributed by atoms with Crippen molar-refractivity contribution in [2.45, 2.75) is 0 Å². The lowest BCUT2D eigenvalue weighted by Crippen LogP contribution is -1.92. The lowest BCUT2D eigenvalue weighted by molar-refractivity contribution is 1.16. The van der Waals surface area contributed by atoms with E-state index in [-0.39, 0.29) is 0 Å². The zero-order chi connectivity index (χ0) is 11.7. The largest absolute Gasteiger partial charge is 0.235 e. The van der Waals surface area contributed by atoms with Crippen molar-refractivity contribution in [1.29, 1.82) is 0 Å². The molecule has 16 heavy (non-hydrogen) atoms. The average molecular weight is 430 g/mol. The van der Waals surface area contributed by atoms with E-state index in [1.54, 1.807) is 12.3 Å². The molecule has 1 aromatic carbocycles. The van der Waals surface area contributed by atoms with Crippen molar-refractivity contribution in [2.24, 2.45) is 0 Å². The third kappa shape index (κ3) is 2.67. The summed E-state index contributed by atoms with van der Waals surface area (Å²) in [6, 6.07) is 5.51. The molecule has 0 bridgehead atoms. The molecule has 0 saturated heterocycles. The lowest BCUT2D eigenvalue weighted by Gasteiger charge is -2.04. The highest BCUT2D eigenvalue weighted by Gasteiger charge is 2.09. The number of hydrogen-bond donors (Lipinski definition) is 0. The summed E-state index contributed by atoms with van der Waals surface area (Å²) in [5, 5.41) is 1.03. The van der Waals surface area contributed by atoms with Gasteiger partial charge in [0, 0.05) is 16.2 Å². The second-order valence-electron chi connectivity index (χ2n) is 2.96. The van der Waals surface area contributed by atoms with Gasteiger partial charge in [-0.1, -0.05) is 39.1 Å². The van der Waals surface area contributed by atoms with Gasteiger partial charge in [-0.15, -0.1) is 0 Å². The fraction of sp³-hybridized carbons (Fsp3) is 0. The minimum Gasteiger partial charge on any atom is -0.235 e. The summed E-state index contributed by atoms with van der Waals surface area (Å²) in [5.74, 6) is 0.525. The van der Waals surface area contributed by atoms with Crippen molar-refractivity contribution < 1.29 is 0 Å². The molecule has 0 aliphatic rings. The molecule has 0 fully saturated rings. The number of aromatic nitrogens is 2. The first-order valence-electron chi connectivity index (χ1n) is 4.21. The van der Waals surface area contributed by atoms with Crippen LogP contribution in [0.2, 0.25) is 10.2 Å². The maximum Gasteiger partial charge on any atom is 0.162 e. The maximum absolute atomic E-state index is 6.08. The summed E-state index contributed by atoms with van der Waals surface area (Å²) in [7, 11) is 0. The summed E-state index contributed by atoms with van der Waals surface area (Å²) < 4.78 is 1.74. The van der Waals surface area contributed by atoms with Gasteiger partial charge in [0.05, 0.1) is 8.59 Å². The summed E-state index contributed by atoms with van der Waals surface area (Å²) in [6.07, 6.45) is 1.67. The van der Waals surface area contributed by atoms with Crippen LogP contribution in [-0.4, -0.2) is 9.97 Å². The average Bonchev–Trinajstić information content (AvgIpc) is 2.26. The number of rotatable bonds is 1. The third-order valence-electron chi connectivity index (χ3n) is 1.87. The molecule has 0 amide bonds. The molecule has 0 N–H and O–H groups in total. The van der Waals surface area contributed by atoms with Crippen LogP contribution in [0, 0.1) is 3.57 Å². The Kier molecular flexibility index (Phi) is 4.05. The highest BCUT2D eigenvalue weighted by atomic mass is 127. The van der Waals surface area contributed by atoms with E-state index in [4.69, 9.17) is 23.2 Å². The molecule has 0 saturated carbocycles. The molecule has 0 spiro atoms. The Morgan fingerprint density at radius 2 is 2.00 bits per heavy atom. The topological polar surface area (TPSA) is 25.8 Å². The van der Waals surface area contributed by atoms with Crippen LogP contribution in [0.3, 0.4) is 0 Å². The van der Waals surface area contributed by atoms with Gasteiger partial charge in [0.15, 0.2) is 5.82 Å². The molecule has 0 atom stereocenters. The smallest absolute Gasteiger partial charge is 0.162 e. The van der Waals surface area contributed by atoms with E-state index in [1.807, 2.05) is 12.1 Å². The van der Waals surface area contributed by atoms with Crippen LogP contribution in [0.4, 0.5) is 0 Å². The highest BCUT2D eigenvalue weighted by molar-refractivity contribution is 14.1.